The summed E-state index contributed by atoms with van der Waals surface area (Å²) in [4.78, 5) is 35.5. The summed E-state index contributed by atoms with van der Waals surface area (Å²) in [5.74, 6) is 1.50. The fourth-order valence-electron chi connectivity index (χ4n) is 4.35. The number of hydrogen-bond acceptors (Lipinski definition) is 10. The number of thiazole rings is 1. The Morgan fingerprint density at radius 2 is 1.73 bits per heavy atom. The fraction of sp³-hybridized carbons (Fsp3) is 0.133. The number of amides is 1. The second-order valence-corrected chi connectivity index (χ2v) is 11.6. The average molecular weight is 646 g/mol. The van der Waals surface area contributed by atoms with Crippen LogP contribution in [0.3, 0.4) is 0 Å². The maximum atomic E-state index is 13.6. The van der Waals surface area contributed by atoms with Crippen LogP contribution in [0.2, 0.25) is 5.02 Å². The number of fused-ring (bicyclic) bond motifs is 1. The first-order valence-corrected chi connectivity index (χ1v) is 15.4. The van der Waals surface area contributed by atoms with Crippen LogP contribution in [0.4, 0.5) is 5.13 Å². The van der Waals surface area contributed by atoms with Gasteiger partial charge in [-0.2, -0.15) is 0 Å². The van der Waals surface area contributed by atoms with Crippen molar-refractivity contribution in [3.8, 4) is 28.4 Å². The van der Waals surface area contributed by atoms with Gasteiger partial charge < -0.3 is 14.8 Å². The lowest BCUT2D eigenvalue weighted by atomic mass is 10.2. The molecule has 3 heterocycles. The van der Waals surface area contributed by atoms with Gasteiger partial charge in [-0.05, 0) is 66.7 Å². The van der Waals surface area contributed by atoms with Crippen LogP contribution in [0.1, 0.15) is 5.69 Å². The molecule has 0 aliphatic carbocycles. The minimum Gasteiger partial charge on any atom is -0.497 e. The Morgan fingerprint density at radius 3 is 2.45 bits per heavy atom. The number of benzene rings is 3. The molecule has 3 aromatic heterocycles. The molecule has 0 unspecified atom stereocenters. The van der Waals surface area contributed by atoms with E-state index in [2.05, 4.69) is 20.6 Å². The number of anilines is 1. The maximum Gasteiger partial charge on any atom is 0.266 e. The van der Waals surface area contributed by atoms with Crippen LogP contribution in [0.25, 0.3) is 27.8 Å². The highest BCUT2D eigenvalue weighted by Crippen LogP contribution is 2.28. The van der Waals surface area contributed by atoms with Crippen molar-refractivity contribution >= 4 is 56.6 Å². The van der Waals surface area contributed by atoms with Gasteiger partial charge in [0.15, 0.2) is 10.3 Å². The predicted octanol–water partition coefficient (Wildman–Crippen LogP) is 5.70. The summed E-state index contributed by atoms with van der Waals surface area (Å²) in [6.07, 6.45) is 1.69. The molecule has 1 amide bonds. The molecule has 44 heavy (non-hydrogen) atoms. The van der Waals surface area contributed by atoms with E-state index in [0.29, 0.717) is 49.1 Å². The molecular weight excluding hydrogens is 622 g/mol. The smallest absolute Gasteiger partial charge is 0.266 e. The molecule has 0 aliphatic heterocycles. The van der Waals surface area contributed by atoms with Gasteiger partial charge in [0.25, 0.3) is 5.56 Å². The Morgan fingerprint density at radius 1 is 1.00 bits per heavy atom. The van der Waals surface area contributed by atoms with Crippen molar-refractivity contribution < 1.29 is 14.3 Å². The Bertz CT molecular complexity index is 2010. The summed E-state index contributed by atoms with van der Waals surface area (Å²) in [7, 11) is 3.20. The third-order valence-electron chi connectivity index (χ3n) is 6.51. The fourth-order valence-corrected chi connectivity index (χ4v) is 6.14. The van der Waals surface area contributed by atoms with Crippen molar-refractivity contribution in [3.63, 3.8) is 0 Å². The van der Waals surface area contributed by atoms with Crippen LogP contribution in [-0.4, -0.2) is 49.7 Å². The monoisotopic (exact) mass is 645 g/mol. The third-order valence-corrected chi connectivity index (χ3v) is 8.47. The first-order chi connectivity index (χ1) is 21.4. The molecule has 6 aromatic rings. The minimum absolute atomic E-state index is 0.0433. The van der Waals surface area contributed by atoms with E-state index in [1.54, 1.807) is 67.4 Å². The van der Waals surface area contributed by atoms with Crippen LogP contribution in [0.15, 0.2) is 88.3 Å². The molecule has 11 nitrogen and oxygen atoms in total. The van der Waals surface area contributed by atoms with Crippen molar-refractivity contribution in [2.24, 2.45) is 0 Å². The van der Waals surface area contributed by atoms with E-state index in [1.807, 2.05) is 29.6 Å². The molecule has 0 saturated heterocycles. The molecule has 0 aliphatic rings. The van der Waals surface area contributed by atoms with Crippen LogP contribution < -0.4 is 20.3 Å². The molecule has 14 heteroatoms. The number of halogens is 1. The molecule has 0 spiro atoms. The Hall–Kier alpha value is -4.72. The van der Waals surface area contributed by atoms with Crippen molar-refractivity contribution in [1.29, 1.82) is 0 Å². The zero-order valence-corrected chi connectivity index (χ0v) is 25.8. The van der Waals surface area contributed by atoms with Crippen LogP contribution in [-0.2, 0) is 17.1 Å². The van der Waals surface area contributed by atoms with Crippen molar-refractivity contribution in [2.45, 2.75) is 17.5 Å². The largest absolute Gasteiger partial charge is 0.497 e. The number of hydrogen-bond donors (Lipinski definition) is 1. The topological polar surface area (TPSA) is 126 Å². The number of ether oxygens (including phenoxy) is 2. The van der Waals surface area contributed by atoms with Crippen LogP contribution in [0, 0.1) is 0 Å². The molecule has 0 radical (unpaired) electrons. The van der Waals surface area contributed by atoms with E-state index in [0.717, 1.165) is 17.0 Å². The summed E-state index contributed by atoms with van der Waals surface area (Å²) < 4.78 is 13.5. The van der Waals surface area contributed by atoms with E-state index in [4.69, 9.17) is 26.1 Å². The molecule has 0 bridgehead atoms. The highest BCUT2D eigenvalue weighted by molar-refractivity contribution is 7.98. The second kappa shape index (κ2) is 12.9. The number of aromatic nitrogens is 6. The molecule has 0 atom stereocenters. The summed E-state index contributed by atoms with van der Waals surface area (Å²) in [6.45, 7) is -0.0433. The minimum atomic E-state index is -0.286. The zero-order chi connectivity index (χ0) is 30.6. The van der Waals surface area contributed by atoms with Gasteiger partial charge in [-0.1, -0.05) is 28.6 Å². The van der Waals surface area contributed by atoms with Crippen molar-refractivity contribution in [3.05, 3.63) is 99.4 Å². The molecule has 222 valence electrons. The number of nitrogens with one attached hydrogen (secondary N) is 1. The lowest BCUT2D eigenvalue weighted by Crippen LogP contribution is -2.21. The lowest BCUT2D eigenvalue weighted by molar-refractivity contribution is -0.116. The highest BCUT2D eigenvalue weighted by Gasteiger charge is 2.16. The van der Waals surface area contributed by atoms with Gasteiger partial charge >= 0.3 is 0 Å². The van der Waals surface area contributed by atoms with E-state index >= 15 is 0 Å². The number of carbonyl (C=O) groups is 1. The molecule has 0 saturated carbocycles. The van der Waals surface area contributed by atoms with Crippen molar-refractivity contribution in [2.75, 3.05) is 19.5 Å². The number of carbonyl (C=O) groups excluding carboxylic acids is 1. The van der Waals surface area contributed by atoms with Gasteiger partial charge in [0.1, 0.15) is 18.0 Å². The van der Waals surface area contributed by atoms with Gasteiger partial charge in [-0.25, -0.2) is 14.6 Å². The van der Waals surface area contributed by atoms with Crippen LogP contribution >= 0.6 is 34.7 Å². The number of rotatable bonds is 10. The van der Waals surface area contributed by atoms with E-state index < -0.39 is 0 Å². The van der Waals surface area contributed by atoms with Gasteiger partial charge in [0.05, 0.1) is 42.2 Å². The van der Waals surface area contributed by atoms with E-state index in [1.165, 1.54) is 27.8 Å². The predicted molar refractivity (Wildman–Crippen MR) is 171 cm³/mol. The van der Waals surface area contributed by atoms with Gasteiger partial charge in [-0.15, -0.1) is 16.4 Å². The van der Waals surface area contributed by atoms with Gasteiger partial charge in [0.2, 0.25) is 5.91 Å². The molecule has 3 aromatic carbocycles. The first-order valence-electron chi connectivity index (χ1n) is 13.2. The van der Waals surface area contributed by atoms with Gasteiger partial charge in [-0.3, -0.25) is 14.2 Å². The summed E-state index contributed by atoms with van der Waals surface area (Å²) >= 11 is 8.85. The lowest BCUT2D eigenvalue weighted by Gasteiger charge is -2.13. The standard InChI is InChI=1S/C30H24ClN7O4S2/c1-41-22-8-3-18(4-9-22)26-17-43-29(32-26)34-27(39)15-37-14-20(35-36-37)16-44-30-33-25-13-19(31)5-12-24(25)28(40)38(30)21-6-10-23(42-2)11-7-21/h3-14,17H,15-16H2,1-2H3,(H,32,34,39). The average Bonchev–Trinajstić information content (AvgIpc) is 3.69. The van der Waals surface area contributed by atoms with E-state index in [-0.39, 0.29) is 18.0 Å². The summed E-state index contributed by atoms with van der Waals surface area (Å²) in [5, 5.41) is 14.9. The number of thioether (sulfide) groups is 1. The maximum absolute atomic E-state index is 13.6. The summed E-state index contributed by atoms with van der Waals surface area (Å²) in [6, 6.07) is 19.7. The SMILES string of the molecule is COc1ccc(-c2csc(NC(=O)Cn3cc(CSc4nc5cc(Cl)ccc5c(=O)n4-c4ccc(OC)cc4)nn3)n2)cc1. The second-order valence-electron chi connectivity index (χ2n) is 9.41. The van der Waals surface area contributed by atoms with E-state index in [9.17, 15) is 9.59 Å². The quantitative estimate of drug-likeness (QED) is 0.147. The Labute approximate surface area is 264 Å². The third kappa shape index (κ3) is 6.44. The first kappa shape index (κ1) is 29.4. The summed E-state index contributed by atoms with van der Waals surface area (Å²) in [5.41, 5.74) is 3.19. The Balaban J connectivity index is 1.15. The number of nitrogens with zero attached hydrogens (tertiary/aromatic N) is 6. The van der Waals surface area contributed by atoms with Crippen molar-refractivity contribution in [1.82, 2.24) is 29.5 Å². The molecular formula is C30H24ClN7O4S2. The zero-order valence-electron chi connectivity index (χ0n) is 23.4. The normalized spacial score (nSPS) is 11.1. The number of methoxy groups -OCH3 is 2. The molecule has 6 rings (SSSR count). The molecule has 0 fully saturated rings. The van der Waals surface area contributed by atoms with Gasteiger partial charge in [0, 0.05) is 27.9 Å². The Kier molecular flexibility index (Phi) is 8.59. The molecule has 1 N–H and O–H groups in total. The van der Waals surface area contributed by atoms with Crippen LogP contribution in [0.5, 0.6) is 11.5 Å². The highest BCUT2D eigenvalue weighted by atomic mass is 35.5.